The van der Waals surface area contributed by atoms with Crippen molar-refractivity contribution in [2.75, 3.05) is 12.0 Å². The van der Waals surface area contributed by atoms with E-state index in [-0.39, 0.29) is 17.7 Å². The second-order valence-electron chi connectivity index (χ2n) is 3.94. The van der Waals surface area contributed by atoms with Crippen LogP contribution in [-0.2, 0) is 14.6 Å². The molecule has 0 radical (unpaired) electrons. The molecular weight excluding hydrogens is 270 g/mol. The maximum absolute atomic E-state index is 11.4. The molecule has 0 aliphatic heterocycles. The summed E-state index contributed by atoms with van der Waals surface area (Å²) in [5, 5.41) is 2.61. The maximum atomic E-state index is 11.4. The first-order chi connectivity index (χ1) is 6.02. The van der Waals surface area contributed by atoms with Gasteiger partial charge < -0.3 is 5.32 Å². The van der Waals surface area contributed by atoms with E-state index in [1.807, 2.05) is 0 Å². The summed E-state index contributed by atoms with van der Waals surface area (Å²) < 4.78 is 21.2. The molecule has 0 saturated heterocycles. The van der Waals surface area contributed by atoms with Gasteiger partial charge in [-0.2, -0.15) is 0 Å². The van der Waals surface area contributed by atoms with Crippen LogP contribution in [-0.4, -0.2) is 36.7 Å². The van der Waals surface area contributed by atoms with Crippen molar-refractivity contribution in [1.82, 2.24) is 5.32 Å². The molecule has 1 atom stereocenters. The van der Waals surface area contributed by atoms with Crippen molar-refractivity contribution in [2.45, 2.75) is 31.1 Å². The largest absolute Gasteiger partial charge is 0.351 e. The number of nitrogens with one attached hydrogen (secondary N) is 1. The van der Waals surface area contributed by atoms with Crippen molar-refractivity contribution in [2.24, 2.45) is 0 Å². The van der Waals surface area contributed by atoms with Gasteiger partial charge >= 0.3 is 0 Å². The van der Waals surface area contributed by atoms with Crippen molar-refractivity contribution in [3.05, 3.63) is 0 Å². The second kappa shape index (κ2) is 4.61. The van der Waals surface area contributed by atoms with Crippen molar-refractivity contribution in [3.8, 4) is 0 Å². The van der Waals surface area contributed by atoms with Gasteiger partial charge in [0.25, 0.3) is 0 Å². The molecule has 14 heavy (non-hydrogen) atoms. The van der Waals surface area contributed by atoms with E-state index >= 15 is 0 Å². The van der Waals surface area contributed by atoms with Crippen LogP contribution in [0.1, 0.15) is 20.8 Å². The van der Waals surface area contributed by atoms with Crippen LogP contribution in [0.5, 0.6) is 0 Å². The zero-order chi connectivity index (χ0) is 11.6. The third-order valence-electron chi connectivity index (χ3n) is 1.47. The first-order valence-corrected chi connectivity index (χ1v) is 7.05. The Labute approximate surface area is 93.5 Å². The predicted octanol–water partition coefficient (Wildman–Crippen LogP) is 0.709. The van der Waals surface area contributed by atoms with Gasteiger partial charge in [-0.25, -0.2) is 8.42 Å². The van der Waals surface area contributed by atoms with Gasteiger partial charge in [-0.3, -0.25) is 4.79 Å². The van der Waals surface area contributed by atoms with Crippen LogP contribution in [0.25, 0.3) is 0 Å². The van der Waals surface area contributed by atoms with E-state index in [0.29, 0.717) is 0 Å². The van der Waals surface area contributed by atoms with Gasteiger partial charge in [0, 0.05) is 12.3 Å². The normalized spacial score (nSPS) is 14.9. The fourth-order valence-corrected chi connectivity index (χ4v) is 2.00. The van der Waals surface area contributed by atoms with Crippen molar-refractivity contribution in [3.63, 3.8) is 0 Å². The smallest absolute Gasteiger partial charge is 0.236 e. The Balaban J connectivity index is 4.22. The molecule has 1 unspecified atom stereocenters. The molecular formula is C8H16BrNO3S. The molecule has 4 nitrogen and oxygen atoms in total. The summed E-state index contributed by atoms with van der Waals surface area (Å²) in [6.07, 6.45) is 1.15. The van der Waals surface area contributed by atoms with E-state index in [2.05, 4.69) is 21.2 Å². The number of hydrogen-bond acceptors (Lipinski definition) is 3. The van der Waals surface area contributed by atoms with Crippen LogP contribution in [0, 0.1) is 0 Å². The highest BCUT2D eigenvalue weighted by Gasteiger charge is 2.25. The molecule has 0 aromatic rings. The van der Waals surface area contributed by atoms with E-state index in [0.717, 1.165) is 6.26 Å². The summed E-state index contributed by atoms with van der Waals surface area (Å²) in [4.78, 5) is 11.4. The Morgan fingerprint density at radius 1 is 1.50 bits per heavy atom. The van der Waals surface area contributed by atoms with Gasteiger partial charge in [0.05, 0.1) is 10.1 Å². The van der Waals surface area contributed by atoms with Gasteiger partial charge in [-0.15, -0.1) is 0 Å². The fraction of sp³-hybridized carbons (Fsp3) is 0.875. The topological polar surface area (TPSA) is 63.2 Å². The quantitative estimate of drug-likeness (QED) is 0.774. The minimum Gasteiger partial charge on any atom is -0.351 e. The number of sulfone groups is 1. The summed E-state index contributed by atoms with van der Waals surface area (Å²) in [5.74, 6) is -0.254. The molecule has 0 aliphatic rings. The minimum atomic E-state index is -3.04. The third kappa shape index (κ3) is 6.37. The Morgan fingerprint density at radius 3 is 2.21 bits per heavy atom. The average molecular weight is 286 g/mol. The van der Waals surface area contributed by atoms with Gasteiger partial charge in [-0.05, 0) is 20.8 Å². The molecule has 1 N–H and O–H groups in total. The highest BCUT2D eigenvalue weighted by molar-refractivity contribution is 9.10. The van der Waals surface area contributed by atoms with E-state index in [1.165, 1.54) is 0 Å². The summed E-state index contributed by atoms with van der Waals surface area (Å²) >= 11 is 3.19. The lowest BCUT2D eigenvalue weighted by molar-refractivity contribution is -0.122. The van der Waals surface area contributed by atoms with Crippen LogP contribution in [0.2, 0.25) is 0 Å². The molecule has 0 fully saturated rings. The third-order valence-corrected chi connectivity index (χ3v) is 2.94. The number of rotatable bonds is 4. The minimum absolute atomic E-state index is 0.0399. The first-order valence-electron chi connectivity index (χ1n) is 4.20. The zero-order valence-corrected chi connectivity index (χ0v) is 11.2. The predicted molar refractivity (Wildman–Crippen MR) is 60.3 cm³/mol. The molecule has 0 heterocycles. The molecule has 0 bridgehead atoms. The van der Waals surface area contributed by atoms with Crippen molar-refractivity contribution >= 4 is 31.7 Å². The molecule has 0 spiro atoms. The van der Waals surface area contributed by atoms with E-state index in [4.69, 9.17) is 0 Å². The molecule has 0 aromatic carbocycles. The Kier molecular flexibility index (Phi) is 4.58. The van der Waals surface area contributed by atoms with Gasteiger partial charge in [-0.1, -0.05) is 15.9 Å². The van der Waals surface area contributed by atoms with Gasteiger partial charge in [0.2, 0.25) is 5.91 Å². The number of halogens is 1. The molecule has 0 aromatic heterocycles. The summed E-state index contributed by atoms with van der Waals surface area (Å²) in [5.41, 5.74) is 0. The highest BCUT2D eigenvalue weighted by Crippen LogP contribution is 2.15. The number of carbonyl (C=O) groups excluding carboxylic acids is 1. The Hall–Kier alpha value is -0.100. The monoisotopic (exact) mass is 285 g/mol. The van der Waals surface area contributed by atoms with Gasteiger partial charge in [0.15, 0.2) is 0 Å². The summed E-state index contributed by atoms with van der Waals surface area (Å²) in [6.45, 7) is 5.07. The maximum Gasteiger partial charge on any atom is 0.236 e. The fourth-order valence-electron chi connectivity index (χ4n) is 0.891. The van der Waals surface area contributed by atoms with Crippen LogP contribution in [0.15, 0.2) is 0 Å². The van der Waals surface area contributed by atoms with Crippen molar-refractivity contribution < 1.29 is 13.2 Å². The van der Waals surface area contributed by atoms with Crippen LogP contribution in [0.3, 0.4) is 0 Å². The Bertz CT molecular complexity index is 305. The molecule has 6 heteroatoms. The average Bonchev–Trinajstić information content (AvgIpc) is 1.79. The molecule has 84 valence electrons. The van der Waals surface area contributed by atoms with E-state index in [9.17, 15) is 13.2 Å². The molecule has 0 rings (SSSR count). The second-order valence-corrected chi connectivity index (χ2v) is 8.11. The molecule has 0 saturated carbocycles. The lowest BCUT2D eigenvalue weighted by atomic mass is 10.2. The van der Waals surface area contributed by atoms with Gasteiger partial charge in [0.1, 0.15) is 9.84 Å². The summed E-state index contributed by atoms with van der Waals surface area (Å²) in [6, 6.07) is -0.366. The molecule has 1 amide bonds. The summed E-state index contributed by atoms with van der Waals surface area (Å²) in [7, 11) is -3.04. The number of hydrogen-bond donors (Lipinski definition) is 1. The van der Waals surface area contributed by atoms with Crippen LogP contribution >= 0.6 is 15.9 Å². The van der Waals surface area contributed by atoms with E-state index in [1.54, 1.807) is 20.8 Å². The van der Waals surface area contributed by atoms with Crippen LogP contribution in [0.4, 0.5) is 0 Å². The standard InChI is InChI=1S/C8H16BrNO3S/c1-6(5-14(4,12)13)10-7(11)8(2,3)9/h6H,5H2,1-4H3,(H,10,11). The zero-order valence-electron chi connectivity index (χ0n) is 8.80. The number of carbonyl (C=O) groups is 1. The highest BCUT2D eigenvalue weighted by atomic mass is 79.9. The van der Waals surface area contributed by atoms with Crippen LogP contribution < -0.4 is 5.32 Å². The van der Waals surface area contributed by atoms with E-state index < -0.39 is 14.2 Å². The molecule has 0 aliphatic carbocycles. The lowest BCUT2D eigenvalue weighted by Gasteiger charge is -2.19. The SMILES string of the molecule is CC(CS(C)(=O)=O)NC(=O)C(C)(C)Br. The first kappa shape index (κ1) is 13.9. The van der Waals surface area contributed by atoms with Crippen molar-refractivity contribution in [1.29, 1.82) is 0 Å². The number of amides is 1. The lowest BCUT2D eigenvalue weighted by Crippen LogP contribution is -2.44. The number of alkyl halides is 1. The Morgan fingerprint density at radius 2 is 1.93 bits per heavy atom.